The van der Waals surface area contributed by atoms with Gasteiger partial charge in [0.15, 0.2) is 0 Å². The van der Waals surface area contributed by atoms with Gasteiger partial charge in [0.05, 0.1) is 19.7 Å². The second-order valence-corrected chi connectivity index (χ2v) is 6.47. The molecule has 6 heteroatoms. The second-order valence-electron chi connectivity index (χ2n) is 6.47. The van der Waals surface area contributed by atoms with Crippen LogP contribution >= 0.6 is 0 Å². The van der Waals surface area contributed by atoms with Gasteiger partial charge >= 0.3 is 0 Å². The van der Waals surface area contributed by atoms with Crippen molar-refractivity contribution in [1.82, 2.24) is 9.80 Å². The summed E-state index contributed by atoms with van der Waals surface area (Å²) in [6.07, 6.45) is 1.08. The number of methoxy groups -OCH3 is 1. The van der Waals surface area contributed by atoms with Crippen LogP contribution in [0.15, 0.2) is 24.3 Å². The van der Waals surface area contributed by atoms with E-state index in [1.54, 1.807) is 26.1 Å². The van der Waals surface area contributed by atoms with Crippen LogP contribution in [0.1, 0.15) is 31.7 Å². The standard InChI is InChI=1S/C19H31N3O3/c1-6-15(2)16-7-9-17(10-8-16)20-18(23)13-22(11-12-25-5)14-19(24)21(3)4/h7-10,15H,6,11-14H2,1-5H3,(H,20,23). The third kappa shape index (κ3) is 7.67. The Bertz CT molecular complexity index is 543. The molecule has 0 saturated carbocycles. The van der Waals surface area contributed by atoms with E-state index in [0.29, 0.717) is 19.1 Å². The normalized spacial score (nSPS) is 12.1. The summed E-state index contributed by atoms with van der Waals surface area (Å²) in [4.78, 5) is 27.5. The molecule has 0 aromatic heterocycles. The zero-order valence-electron chi connectivity index (χ0n) is 16.0. The number of ether oxygens (including phenoxy) is 1. The Hall–Kier alpha value is -1.92. The molecule has 0 spiro atoms. The Balaban J connectivity index is 2.62. The van der Waals surface area contributed by atoms with Gasteiger partial charge in [-0.25, -0.2) is 0 Å². The van der Waals surface area contributed by atoms with Gasteiger partial charge in [-0.1, -0.05) is 26.0 Å². The molecule has 1 aromatic carbocycles. The molecule has 0 heterocycles. The van der Waals surface area contributed by atoms with E-state index in [9.17, 15) is 9.59 Å². The lowest BCUT2D eigenvalue weighted by Crippen LogP contribution is -2.42. The summed E-state index contributed by atoms with van der Waals surface area (Å²) in [6.45, 7) is 5.67. The van der Waals surface area contributed by atoms with Crippen molar-refractivity contribution in [2.24, 2.45) is 0 Å². The number of hydrogen-bond donors (Lipinski definition) is 1. The van der Waals surface area contributed by atoms with Crippen LogP contribution in [0.5, 0.6) is 0 Å². The third-order valence-corrected chi connectivity index (χ3v) is 4.21. The summed E-state index contributed by atoms with van der Waals surface area (Å²) in [5, 5.41) is 2.89. The first-order valence-electron chi connectivity index (χ1n) is 8.68. The van der Waals surface area contributed by atoms with Gasteiger partial charge in [-0.3, -0.25) is 14.5 Å². The van der Waals surface area contributed by atoms with Gasteiger partial charge in [0.25, 0.3) is 0 Å². The molecule has 1 rings (SSSR count). The van der Waals surface area contributed by atoms with Gasteiger partial charge in [-0.15, -0.1) is 0 Å². The maximum absolute atomic E-state index is 12.3. The first-order valence-corrected chi connectivity index (χ1v) is 8.68. The Kier molecular flexibility index (Phi) is 9.16. The molecule has 0 fully saturated rings. The predicted molar refractivity (Wildman–Crippen MR) is 101 cm³/mol. The van der Waals surface area contributed by atoms with Gasteiger partial charge in [0.1, 0.15) is 0 Å². The minimum atomic E-state index is -0.140. The number of likely N-dealkylation sites (N-methyl/N-ethyl adjacent to an activating group) is 1. The van der Waals surface area contributed by atoms with Crippen LogP contribution in [0, 0.1) is 0 Å². The third-order valence-electron chi connectivity index (χ3n) is 4.21. The molecule has 0 aliphatic heterocycles. The van der Waals surface area contributed by atoms with Crippen molar-refractivity contribution < 1.29 is 14.3 Å². The molecular formula is C19H31N3O3. The van der Waals surface area contributed by atoms with Gasteiger partial charge in [-0.2, -0.15) is 0 Å². The average molecular weight is 349 g/mol. The highest BCUT2D eigenvalue weighted by Gasteiger charge is 2.16. The van der Waals surface area contributed by atoms with Crippen LogP contribution in [0.4, 0.5) is 5.69 Å². The molecule has 6 nitrogen and oxygen atoms in total. The SMILES string of the molecule is CCC(C)c1ccc(NC(=O)CN(CCOC)CC(=O)N(C)C)cc1. The number of amides is 2. The number of carbonyl (C=O) groups excluding carboxylic acids is 2. The van der Waals surface area contributed by atoms with E-state index in [2.05, 4.69) is 19.2 Å². The summed E-state index contributed by atoms with van der Waals surface area (Å²) in [6, 6.07) is 7.93. The summed E-state index contributed by atoms with van der Waals surface area (Å²) in [7, 11) is 5.01. The number of nitrogens with one attached hydrogen (secondary N) is 1. The van der Waals surface area contributed by atoms with Crippen molar-refractivity contribution in [3.8, 4) is 0 Å². The fourth-order valence-corrected chi connectivity index (χ4v) is 2.30. The topological polar surface area (TPSA) is 61.9 Å². The largest absolute Gasteiger partial charge is 0.383 e. The van der Waals surface area contributed by atoms with E-state index in [4.69, 9.17) is 4.74 Å². The minimum Gasteiger partial charge on any atom is -0.383 e. The smallest absolute Gasteiger partial charge is 0.238 e. The van der Waals surface area contributed by atoms with Crippen molar-refractivity contribution in [3.05, 3.63) is 29.8 Å². The van der Waals surface area contributed by atoms with Crippen LogP contribution in [0.25, 0.3) is 0 Å². The van der Waals surface area contributed by atoms with Gasteiger partial charge in [-0.05, 0) is 30.0 Å². The first-order chi connectivity index (χ1) is 11.9. The van der Waals surface area contributed by atoms with Crippen LogP contribution in [-0.4, -0.2) is 69.1 Å². The maximum atomic E-state index is 12.3. The lowest BCUT2D eigenvalue weighted by Gasteiger charge is -2.22. The Labute approximate surface area is 151 Å². The minimum absolute atomic E-state index is 0.0400. The fraction of sp³-hybridized carbons (Fsp3) is 0.579. The molecular weight excluding hydrogens is 318 g/mol. The number of hydrogen-bond acceptors (Lipinski definition) is 4. The van der Waals surface area contributed by atoms with E-state index < -0.39 is 0 Å². The summed E-state index contributed by atoms with van der Waals surface area (Å²) in [5.41, 5.74) is 2.03. The average Bonchev–Trinajstić information content (AvgIpc) is 2.59. The molecule has 1 aromatic rings. The second kappa shape index (κ2) is 10.8. The molecule has 25 heavy (non-hydrogen) atoms. The lowest BCUT2D eigenvalue weighted by molar-refractivity contribution is -0.130. The molecule has 0 bridgehead atoms. The van der Waals surface area contributed by atoms with Crippen LogP contribution in [-0.2, 0) is 14.3 Å². The number of carbonyl (C=O) groups is 2. The summed E-state index contributed by atoms with van der Waals surface area (Å²) >= 11 is 0. The van der Waals surface area contributed by atoms with Crippen molar-refractivity contribution in [2.45, 2.75) is 26.2 Å². The zero-order valence-corrected chi connectivity index (χ0v) is 16.0. The quantitative estimate of drug-likeness (QED) is 0.703. The molecule has 1 unspecified atom stereocenters. The fourth-order valence-electron chi connectivity index (χ4n) is 2.30. The molecule has 140 valence electrons. The van der Waals surface area contributed by atoms with Gasteiger partial charge in [0.2, 0.25) is 11.8 Å². The highest BCUT2D eigenvalue weighted by molar-refractivity contribution is 5.92. The zero-order chi connectivity index (χ0) is 18.8. The lowest BCUT2D eigenvalue weighted by atomic mass is 9.99. The van der Waals surface area contributed by atoms with Crippen molar-refractivity contribution in [2.75, 3.05) is 52.8 Å². The van der Waals surface area contributed by atoms with E-state index in [1.165, 1.54) is 10.5 Å². The van der Waals surface area contributed by atoms with Crippen molar-refractivity contribution in [1.29, 1.82) is 0 Å². The van der Waals surface area contributed by atoms with E-state index in [0.717, 1.165) is 12.1 Å². The summed E-state index contributed by atoms with van der Waals surface area (Å²) < 4.78 is 5.06. The van der Waals surface area contributed by atoms with E-state index in [1.807, 2.05) is 24.3 Å². The molecule has 0 saturated heterocycles. The van der Waals surface area contributed by atoms with Gasteiger partial charge in [0, 0.05) is 33.4 Å². The van der Waals surface area contributed by atoms with Crippen molar-refractivity contribution >= 4 is 17.5 Å². The van der Waals surface area contributed by atoms with Crippen LogP contribution in [0.3, 0.4) is 0 Å². The van der Waals surface area contributed by atoms with Gasteiger partial charge < -0.3 is 15.0 Å². The molecule has 0 aliphatic carbocycles. The Morgan fingerprint density at radius 3 is 2.32 bits per heavy atom. The first kappa shape index (κ1) is 21.1. The molecule has 0 radical (unpaired) electrons. The predicted octanol–water partition coefficient (Wildman–Crippen LogP) is 2.18. The maximum Gasteiger partial charge on any atom is 0.238 e. The highest BCUT2D eigenvalue weighted by atomic mass is 16.5. The number of benzene rings is 1. The Morgan fingerprint density at radius 2 is 1.80 bits per heavy atom. The van der Waals surface area contributed by atoms with Crippen LogP contribution in [0.2, 0.25) is 0 Å². The van der Waals surface area contributed by atoms with E-state index >= 15 is 0 Å². The highest BCUT2D eigenvalue weighted by Crippen LogP contribution is 2.20. The number of nitrogens with zero attached hydrogens (tertiary/aromatic N) is 2. The Morgan fingerprint density at radius 1 is 1.16 bits per heavy atom. The summed E-state index contributed by atoms with van der Waals surface area (Å²) in [5.74, 6) is 0.326. The van der Waals surface area contributed by atoms with E-state index in [-0.39, 0.29) is 24.9 Å². The molecule has 1 N–H and O–H groups in total. The monoisotopic (exact) mass is 349 g/mol. The number of rotatable bonds is 10. The molecule has 0 aliphatic rings. The number of anilines is 1. The van der Waals surface area contributed by atoms with Crippen LogP contribution < -0.4 is 5.32 Å². The molecule has 1 atom stereocenters. The molecule has 2 amide bonds. The van der Waals surface area contributed by atoms with Crippen molar-refractivity contribution in [3.63, 3.8) is 0 Å².